The van der Waals surface area contributed by atoms with Crippen molar-refractivity contribution >= 4 is 17.5 Å². The van der Waals surface area contributed by atoms with Crippen molar-refractivity contribution in [2.45, 2.75) is 31.5 Å². The average molecular weight is 422 g/mol. The predicted molar refractivity (Wildman–Crippen MR) is 108 cm³/mol. The Morgan fingerprint density at radius 1 is 1.28 bits per heavy atom. The minimum atomic E-state index is -0.0930. The van der Waals surface area contributed by atoms with E-state index in [-0.39, 0.29) is 18.1 Å². The number of likely N-dealkylation sites (tertiary alicyclic amines) is 1. The number of fused-ring (bicyclic) bond motifs is 1. The number of ether oxygens (including phenoxy) is 1. The predicted octanol–water partition coefficient (Wildman–Crippen LogP) is 1.46. The maximum Gasteiger partial charge on any atom is 0.275 e. The molecule has 1 amide bonds. The quantitative estimate of drug-likeness (QED) is 0.727. The normalized spacial score (nSPS) is 26.9. The van der Waals surface area contributed by atoms with Crippen LogP contribution in [0.25, 0.3) is 0 Å². The van der Waals surface area contributed by atoms with E-state index in [1.807, 2.05) is 29.9 Å². The Bertz CT molecular complexity index is 880. The van der Waals surface area contributed by atoms with Crippen molar-refractivity contribution in [3.63, 3.8) is 0 Å². The molecule has 10 heteroatoms. The highest BCUT2D eigenvalue weighted by Crippen LogP contribution is 2.42. The van der Waals surface area contributed by atoms with E-state index >= 15 is 0 Å². The van der Waals surface area contributed by atoms with Crippen LogP contribution in [0.5, 0.6) is 0 Å². The fraction of sp³-hybridized carbons (Fsp3) is 0.684. The van der Waals surface area contributed by atoms with Gasteiger partial charge in [-0.25, -0.2) is 4.68 Å². The van der Waals surface area contributed by atoms with Crippen LogP contribution >= 0.6 is 11.6 Å². The van der Waals surface area contributed by atoms with Crippen LogP contribution in [0.4, 0.5) is 0 Å². The van der Waals surface area contributed by atoms with Crippen molar-refractivity contribution < 1.29 is 9.53 Å². The molecule has 0 N–H and O–H groups in total. The molecule has 29 heavy (non-hydrogen) atoms. The van der Waals surface area contributed by atoms with Crippen LogP contribution < -0.4 is 0 Å². The molecule has 9 nitrogen and oxygen atoms in total. The summed E-state index contributed by atoms with van der Waals surface area (Å²) < 4.78 is 9.34. The Kier molecular flexibility index (Phi) is 5.63. The summed E-state index contributed by atoms with van der Waals surface area (Å²) in [6.07, 6.45) is 5.54. The Balaban J connectivity index is 1.48. The number of halogens is 1. The van der Waals surface area contributed by atoms with E-state index in [1.165, 1.54) is 0 Å². The van der Waals surface area contributed by atoms with Crippen LogP contribution in [0.2, 0.25) is 5.02 Å². The molecule has 4 rings (SSSR count). The highest BCUT2D eigenvalue weighted by atomic mass is 35.5. The number of aromatic nitrogens is 5. The maximum absolute atomic E-state index is 12.9. The van der Waals surface area contributed by atoms with Gasteiger partial charge in [0.25, 0.3) is 5.91 Å². The van der Waals surface area contributed by atoms with Crippen LogP contribution in [-0.2, 0) is 18.3 Å². The summed E-state index contributed by atoms with van der Waals surface area (Å²) in [6, 6.07) is 0.123. The molecule has 1 saturated heterocycles. The van der Waals surface area contributed by atoms with E-state index in [2.05, 4.69) is 20.3 Å². The minimum Gasteiger partial charge on any atom is -0.379 e. The third kappa shape index (κ3) is 4.04. The number of methoxy groups -OCH3 is 1. The van der Waals surface area contributed by atoms with Gasteiger partial charge in [-0.1, -0.05) is 16.8 Å². The minimum absolute atomic E-state index is 0.0543. The molecule has 2 fully saturated rings. The molecule has 1 aliphatic carbocycles. The summed E-state index contributed by atoms with van der Waals surface area (Å²) in [4.78, 5) is 16.9. The van der Waals surface area contributed by atoms with E-state index in [9.17, 15) is 4.79 Å². The van der Waals surface area contributed by atoms with Crippen LogP contribution in [0.1, 0.15) is 35.1 Å². The maximum atomic E-state index is 12.9. The van der Waals surface area contributed by atoms with E-state index < -0.39 is 0 Å². The van der Waals surface area contributed by atoms with E-state index in [0.29, 0.717) is 35.6 Å². The first kappa shape index (κ1) is 20.3. The van der Waals surface area contributed by atoms with Crippen molar-refractivity contribution in [3.8, 4) is 0 Å². The van der Waals surface area contributed by atoms with Gasteiger partial charge in [-0.05, 0) is 38.8 Å². The van der Waals surface area contributed by atoms with E-state index in [1.54, 1.807) is 25.0 Å². The molecular formula is C19H28ClN7O2. The monoisotopic (exact) mass is 421 g/mol. The number of hydrogen-bond acceptors (Lipinski definition) is 6. The molecule has 0 unspecified atom stereocenters. The van der Waals surface area contributed by atoms with Crippen molar-refractivity contribution in [2.75, 3.05) is 34.3 Å². The molecule has 2 aromatic rings. The second kappa shape index (κ2) is 8.04. The molecule has 1 aliphatic heterocycles. The zero-order valence-corrected chi connectivity index (χ0v) is 18.1. The van der Waals surface area contributed by atoms with Gasteiger partial charge >= 0.3 is 0 Å². The second-order valence-electron chi connectivity index (χ2n) is 8.47. The van der Waals surface area contributed by atoms with Crippen molar-refractivity contribution in [3.05, 3.63) is 28.8 Å². The number of carbonyl (C=O) groups is 1. The summed E-state index contributed by atoms with van der Waals surface area (Å²) in [5, 5.41) is 13.3. The second-order valence-corrected chi connectivity index (χ2v) is 8.88. The van der Waals surface area contributed by atoms with Crippen LogP contribution in [0.3, 0.4) is 0 Å². The fourth-order valence-corrected chi connectivity index (χ4v) is 4.97. The zero-order chi connectivity index (χ0) is 20.7. The Morgan fingerprint density at radius 2 is 2.00 bits per heavy atom. The Labute approximate surface area is 175 Å². The van der Waals surface area contributed by atoms with Gasteiger partial charge in [-0.2, -0.15) is 5.10 Å². The third-order valence-corrected chi connectivity index (χ3v) is 6.31. The lowest BCUT2D eigenvalue weighted by molar-refractivity contribution is -0.00547. The van der Waals surface area contributed by atoms with Crippen LogP contribution in [0, 0.1) is 11.8 Å². The van der Waals surface area contributed by atoms with Gasteiger partial charge in [0.15, 0.2) is 5.69 Å². The lowest BCUT2D eigenvalue weighted by atomic mass is 9.77. The van der Waals surface area contributed by atoms with Gasteiger partial charge in [0.1, 0.15) is 0 Å². The van der Waals surface area contributed by atoms with Gasteiger partial charge in [-0.3, -0.25) is 9.48 Å². The number of carbonyl (C=O) groups excluding carboxylic acids is 1. The summed E-state index contributed by atoms with van der Waals surface area (Å²) in [5.41, 5.74) is 1.28. The number of amides is 1. The Hall–Kier alpha value is -1.97. The molecule has 2 aromatic heterocycles. The van der Waals surface area contributed by atoms with Gasteiger partial charge in [-0.15, -0.1) is 5.10 Å². The molecular weight excluding hydrogens is 394 g/mol. The highest BCUT2D eigenvalue weighted by molar-refractivity contribution is 6.33. The molecule has 0 spiro atoms. The van der Waals surface area contributed by atoms with E-state index in [4.69, 9.17) is 16.3 Å². The van der Waals surface area contributed by atoms with Gasteiger partial charge in [0.05, 0.1) is 29.1 Å². The Morgan fingerprint density at radius 3 is 2.62 bits per heavy atom. The molecule has 1 saturated carbocycles. The van der Waals surface area contributed by atoms with Gasteiger partial charge in [0, 0.05) is 40.0 Å². The molecule has 0 aromatic carbocycles. The molecule has 0 radical (unpaired) electrons. The fourth-order valence-electron chi connectivity index (χ4n) is 4.71. The number of rotatable bonds is 5. The first-order valence-electron chi connectivity index (χ1n) is 9.92. The van der Waals surface area contributed by atoms with Crippen LogP contribution in [-0.4, -0.2) is 80.9 Å². The standard InChI is InChI=1S/C19H28ClN7O2/c1-24(2)9-14-10-27(23-21-14)16-5-12-7-26(8-13(12)6-17(16)29-4)19(28)18-15(20)11-25(3)22-18/h10-13,16-17H,5-9H2,1-4H3/t12-,13+,16-,17-/m1/s1. The van der Waals surface area contributed by atoms with Crippen molar-refractivity contribution in [1.82, 2.24) is 34.6 Å². The van der Waals surface area contributed by atoms with Gasteiger partial charge < -0.3 is 14.5 Å². The van der Waals surface area contributed by atoms with Crippen molar-refractivity contribution in [1.29, 1.82) is 0 Å². The largest absolute Gasteiger partial charge is 0.379 e. The smallest absolute Gasteiger partial charge is 0.275 e. The molecule has 0 bridgehead atoms. The lowest BCUT2D eigenvalue weighted by Crippen LogP contribution is -2.37. The van der Waals surface area contributed by atoms with E-state index in [0.717, 1.165) is 25.1 Å². The topological polar surface area (TPSA) is 81.3 Å². The first-order valence-corrected chi connectivity index (χ1v) is 10.3. The first-order chi connectivity index (χ1) is 13.9. The lowest BCUT2D eigenvalue weighted by Gasteiger charge is -2.36. The number of nitrogens with zero attached hydrogens (tertiary/aromatic N) is 7. The highest BCUT2D eigenvalue weighted by Gasteiger charge is 2.45. The SMILES string of the molecule is CO[C@@H]1C[C@H]2CN(C(=O)c3nn(C)cc3Cl)C[C@H]2C[C@H]1n1cc(CN(C)C)nn1. The molecule has 3 heterocycles. The third-order valence-electron chi connectivity index (χ3n) is 6.04. The summed E-state index contributed by atoms with van der Waals surface area (Å²) in [6.45, 7) is 2.18. The molecule has 2 aliphatic rings. The summed E-state index contributed by atoms with van der Waals surface area (Å²) in [7, 11) is 7.55. The zero-order valence-electron chi connectivity index (χ0n) is 17.3. The van der Waals surface area contributed by atoms with Gasteiger partial charge in [0.2, 0.25) is 0 Å². The number of hydrogen-bond donors (Lipinski definition) is 0. The molecule has 158 valence electrons. The summed E-state index contributed by atoms with van der Waals surface area (Å²) in [5.74, 6) is 0.719. The number of aryl methyl sites for hydroxylation is 1. The van der Waals surface area contributed by atoms with Crippen LogP contribution in [0.15, 0.2) is 12.4 Å². The average Bonchev–Trinajstić information content (AvgIpc) is 3.37. The van der Waals surface area contributed by atoms with Crippen molar-refractivity contribution in [2.24, 2.45) is 18.9 Å². The molecule has 4 atom stereocenters. The summed E-state index contributed by atoms with van der Waals surface area (Å²) >= 11 is 6.19.